The molecular formula is C20H28FNO2. The zero-order valence-corrected chi connectivity index (χ0v) is 14.7. The maximum atomic E-state index is 14.0. The maximum Gasteiger partial charge on any atom is 0.257 e. The Morgan fingerprint density at radius 1 is 1.29 bits per heavy atom. The van der Waals surface area contributed by atoms with E-state index in [1.807, 2.05) is 0 Å². The fourth-order valence-corrected chi connectivity index (χ4v) is 4.49. The number of aromatic hydroxyl groups is 1. The summed E-state index contributed by atoms with van der Waals surface area (Å²) < 4.78 is 14.0. The van der Waals surface area contributed by atoms with Gasteiger partial charge in [-0.3, -0.25) is 4.79 Å². The number of hydrogen-bond donors (Lipinski definition) is 1. The van der Waals surface area contributed by atoms with Crippen molar-refractivity contribution in [3.8, 4) is 5.75 Å². The van der Waals surface area contributed by atoms with E-state index in [4.69, 9.17) is 0 Å². The Bertz CT molecular complexity index is 608. The Kier molecular flexibility index (Phi) is 5.12. The van der Waals surface area contributed by atoms with Gasteiger partial charge in [0.15, 0.2) is 11.6 Å². The van der Waals surface area contributed by atoms with E-state index in [0.29, 0.717) is 24.6 Å². The molecule has 1 aliphatic heterocycles. The molecule has 132 valence electrons. The minimum absolute atomic E-state index is 0.0697. The number of halogens is 1. The number of phenols is 1. The number of fused-ring (bicyclic) bond motifs is 1. The van der Waals surface area contributed by atoms with Gasteiger partial charge in [0.1, 0.15) is 0 Å². The fraction of sp³-hybridized carbons (Fsp3) is 0.650. The summed E-state index contributed by atoms with van der Waals surface area (Å²) in [6, 6.07) is 3.00. The highest BCUT2D eigenvalue weighted by Crippen LogP contribution is 2.37. The van der Waals surface area contributed by atoms with Crippen molar-refractivity contribution in [1.82, 2.24) is 4.90 Å². The van der Waals surface area contributed by atoms with E-state index in [0.717, 1.165) is 24.7 Å². The standard InChI is InChI=1S/C20H28FNO2/c1-3-4-13(2)15-7-5-14(6-8-15)11-22-12-16-9-10-17(23)19(21)18(16)20(22)24/h9-10,13-15,23H,3-8,11-12H2,1-2H3. The van der Waals surface area contributed by atoms with Gasteiger partial charge in [-0.1, -0.05) is 32.8 Å². The van der Waals surface area contributed by atoms with Crippen LogP contribution in [0.3, 0.4) is 0 Å². The first-order valence-electron chi connectivity index (χ1n) is 9.30. The molecule has 2 aliphatic rings. The summed E-state index contributed by atoms with van der Waals surface area (Å²) in [6.45, 7) is 5.79. The molecule has 0 bridgehead atoms. The molecule has 3 rings (SSSR count). The van der Waals surface area contributed by atoms with Crippen LogP contribution >= 0.6 is 0 Å². The first-order chi connectivity index (χ1) is 11.5. The number of amides is 1. The van der Waals surface area contributed by atoms with E-state index < -0.39 is 11.6 Å². The van der Waals surface area contributed by atoms with Crippen LogP contribution in [-0.4, -0.2) is 22.5 Å². The average molecular weight is 333 g/mol. The van der Waals surface area contributed by atoms with Crippen LogP contribution in [0.1, 0.15) is 68.3 Å². The maximum absolute atomic E-state index is 14.0. The van der Waals surface area contributed by atoms with E-state index in [2.05, 4.69) is 13.8 Å². The molecule has 0 aromatic heterocycles. The molecule has 1 aliphatic carbocycles. The van der Waals surface area contributed by atoms with Crippen molar-refractivity contribution in [2.24, 2.45) is 17.8 Å². The van der Waals surface area contributed by atoms with E-state index in [9.17, 15) is 14.3 Å². The second-order valence-electron chi connectivity index (χ2n) is 7.67. The van der Waals surface area contributed by atoms with Gasteiger partial charge in [-0.15, -0.1) is 0 Å². The smallest absolute Gasteiger partial charge is 0.257 e. The molecule has 4 heteroatoms. The third kappa shape index (κ3) is 3.28. The second-order valence-corrected chi connectivity index (χ2v) is 7.67. The third-order valence-electron chi connectivity index (χ3n) is 5.99. The molecule has 0 spiro atoms. The largest absolute Gasteiger partial charge is 0.505 e. The fourth-order valence-electron chi connectivity index (χ4n) is 4.49. The lowest BCUT2D eigenvalue weighted by Crippen LogP contribution is -2.32. The summed E-state index contributed by atoms with van der Waals surface area (Å²) in [5, 5.41) is 9.49. The van der Waals surface area contributed by atoms with E-state index in [1.54, 1.807) is 11.0 Å². The van der Waals surface area contributed by atoms with Gasteiger partial charge in [0, 0.05) is 13.1 Å². The predicted octanol–water partition coefficient (Wildman–Crippen LogP) is 4.73. The van der Waals surface area contributed by atoms with Gasteiger partial charge in [0.25, 0.3) is 5.91 Å². The molecule has 1 saturated carbocycles. The number of rotatable bonds is 5. The Morgan fingerprint density at radius 2 is 2.00 bits per heavy atom. The van der Waals surface area contributed by atoms with Crippen molar-refractivity contribution in [1.29, 1.82) is 0 Å². The molecule has 1 amide bonds. The number of hydrogen-bond acceptors (Lipinski definition) is 2. The van der Waals surface area contributed by atoms with Crippen LogP contribution in [0.15, 0.2) is 12.1 Å². The predicted molar refractivity (Wildman–Crippen MR) is 92.3 cm³/mol. The number of nitrogens with zero attached hydrogens (tertiary/aromatic N) is 1. The van der Waals surface area contributed by atoms with Crippen LogP contribution in [0.4, 0.5) is 4.39 Å². The van der Waals surface area contributed by atoms with Crippen molar-refractivity contribution in [3.63, 3.8) is 0 Å². The SMILES string of the molecule is CCCC(C)C1CCC(CN2Cc3ccc(O)c(F)c3C2=O)CC1. The molecular weight excluding hydrogens is 305 g/mol. The van der Waals surface area contributed by atoms with Crippen LogP contribution in [0.5, 0.6) is 5.75 Å². The summed E-state index contributed by atoms with van der Waals surface area (Å²) in [5.41, 5.74) is 0.765. The topological polar surface area (TPSA) is 40.5 Å². The Morgan fingerprint density at radius 3 is 2.67 bits per heavy atom. The van der Waals surface area contributed by atoms with Crippen LogP contribution < -0.4 is 0 Å². The van der Waals surface area contributed by atoms with Crippen molar-refractivity contribution >= 4 is 5.91 Å². The summed E-state index contributed by atoms with van der Waals surface area (Å²) in [7, 11) is 0. The van der Waals surface area contributed by atoms with Crippen LogP contribution in [0, 0.1) is 23.6 Å². The van der Waals surface area contributed by atoms with Gasteiger partial charge in [-0.25, -0.2) is 4.39 Å². The van der Waals surface area contributed by atoms with E-state index >= 15 is 0 Å². The molecule has 3 nitrogen and oxygen atoms in total. The minimum Gasteiger partial charge on any atom is -0.505 e. The molecule has 1 aromatic carbocycles. The summed E-state index contributed by atoms with van der Waals surface area (Å²) >= 11 is 0. The first-order valence-corrected chi connectivity index (χ1v) is 9.30. The number of benzene rings is 1. The van der Waals surface area contributed by atoms with Gasteiger partial charge < -0.3 is 10.0 Å². The molecule has 1 aromatic rings. The number of phenolic OH excluding ortho intramolecular Hbond substituents is 1. The summed E-state index contributed by atoms with van der Waals surface area (Å²) in [5.74, 6) is 0.670. The number of carbonyl (C=O) groups excluding carboxylic acids is 1. The van der Waals surface area contributed by atoms with E-state index in [-0.39, 0.29) is 11.5 Å². The lowest BCUT2D eigenvalue weighted by molar-refractivity contribution is 0.0717. The monoisotopic (exact) mass is 333 g/mol. The van der Waals surface area contributed by atoms with Crippen molar-refractivity contribution in [3.05, 3.63) is 29.1 Å². The minimum atomic E-state index is -0.767. The molecule has 0 saturated heterocycles. The zero-order valence-electron chi connectivity index (χ0n) is 14.7. The molecule has 0 radical (unpaired) electrons. The summed E-state index contributed by atoms with van der Waals surface area (Å²) in [4.78, 5) is 14.2. The Hall–Kier alpha value is -1.58. The normalized spacial score (nSPS) is 25.0. The lowest BCUT2D eigenvalue weighted by Gasteiger charge is -2.34. The Labute approximate surface area is 143 Å². The quantitative estimate of drug-likeness (QED) is 0.846. The van der Waals surface area contributed by atoms with Crippen LogP contribution in [-0.2, 0) is 6.54 Å². The van der Waals surface area contributed by atoms with Gasteiger partial charge in [0.05, 0.1) is 5.56 Å². The number of carbonyl (C=O) groups is 1. The molecule has 1 N–H and O–H groups in total. The third-order valence-corrected chi connectivity index (χ3v) is 5.99. The molecule has 1 fully saturated rings. The average Bonchev–Trinajstić information content (AvgIpc) is 2.89. The van der Waals surface area contributed by atoms with Gasteiger partial charge in [-0.2, -0.15) is 0 Å². The van der Waals surface area contributed by atoms with Crippen LogP contribution in [0.25, 0.3) is 0 Å². The highest BCUT2D eigenvalue weighted by Gasteiger charge is 2.34. The van der Waals surface area contributed by atoms with Crippen molar-refractivity contribution < 1.29 is 14.3 Å². The molecule has 1 heterocycles. The second kappa shape index (κ2) is 7.12. The highest BCUT2D eigenvalue weighted by atomic mass is 19.1. The zero-order chi connectivity index (χ0) is 17.3. The van der Waals surface area contributed by atoms with Crippen molar-refractivity contribution in [2.45, 2.75) is 58.9 Å². The van der Waals surface area contributed by atoms with Gasteiger partial charge in [0.2, 0.25) is 0 Å². The highest BCUT2D eigenvalue weighted by molar-refractivity contribution is 5.99. The van der Waals surface area contributed by atoms with E-state index in [1.165, 1.54) is 31.7 Å². The van der Waals surface area contributed by atoms with Gasteiger partial charge >= 0.3 is 0 Å². The molecule has 1 unspecified atom stereocenters. The Balaban J connectivity index is 1.57. The molecule has 1 atom stereocenters. The van der Waals surface area contributed by atoms with Crippen molar-refractivity contribution in [2.75, 3.05) is 6.54 Å². The first kappa shape index (κ1) is 17.2. The summed E-state index contributed by atoms with van der Waals surface area (Å²) in [6.07, 6.45) is 7.36. The van der Waals surface area contributed by atoms with Crippen LogP contribution in [0.2, 0.25) is 0 Å². The van der Waals surface area contributed by atoms with Gasteiger partial charge in [-0.05, 0) is 55.1 Å². The molecule has 24 heavy (non-hydrogen) atoms. The lowest BCUT2D eigenvalue weighted by atomic mass is 9.75.